The highest BCUT2D eigenvalue weighted by molar-refractivity contribution is 5.87. The second-order valence-corrected chi connectivity index (χ2v) is 7.96. The number of aromatic nitrogens is 6. The van der Waals surface area contributed by atoms with Gasteiger partial charge in [0.25, 0.3) is 0 Å². The maximum Gasteiger partial charge on any atom is 0.420 e. The van der Waals surface area contributed by atoms with Crippen LogP contribution in [0.15, 0.2) is 67.0 Å². The first-order chi connectivity index (χ1) is 17.4. The van der Waals surface area contributed by atoms with E-state index in [0.29, 0.717) is 17.2 Å². The number of Topliss-reactive ketones (excluding diaryl/α,β-unsaturated/α-hetero) is 1. The fraction of sp³-hybridized carbons (Fsp3) is 0.208. The Hall–Kier alpha value is -4.42. The number of nitrogens with zero attached hydrogens (tertiary/aromatic N) is 6. The summed E-state index contributed by atoms with van der Waals surface area (Å²) in [5.41, 5.74) is 7.99. The minimum absolute atomic E-state index is 0. The Kier molecular flexibility index (Phi) is 9.19. The lowest BCUT2D eigenvalue weighted by atomic mass is 10.1. The molecule has 13 heteroatoms. The number of nitrogens with two attached hydrogens (primary N) is 1. The SMILES string of the molecule is Cl.NC(CC(=O)O)C(=O)Cn1nnnc1Cc1cccc(-c2nccn2C(=O)OCc2ccccc2)c1. The van der Waals surface area contributed by atoms with E-state index in [2.05, 4.69) is 20.5 Å². The van der Waals surface area contributed by atoms with Gasteiger partial charge in [0.05, 0.1) is 12.5 Å². The molecule has 12 nitrogen and oxygen atoms in total. The van der Waals surface area contributed by atoms with E-state index < -0.39 is 30.3 Å². The van der Waals surface area contributed by atoms with E-state index >= 15 is 0 Å². The van der Waals surface area contributed by atoms with Crippen LogP contribution in [0.5, 0.6) is 0 Å². The van der Waals surface area contributed by atoms with Gasteiger partial charge in [0.15, 0.2) is 11.6 Å². The summed E-state index contributed by atoms with van der Waals surface area (Å²) in [5, 5.41) is 20.3. The number of rotatable bonds is 10. The molecule has 0 aliphatic heterocycles. The Morgan fingerprint density at radius 2 is 1.81 bits per heavy atom. The molecule has 192 valence electrons. The van der Waals surface area contributed by atoms with Gasteiger partial charge < -0.3 is 15.6 Å². The van der Waals surface area contributed by atoms with Crippen molar-refractivity contribution in [2.24, 2.45) is 5.73 Å². The molecule has 0 aliphatic carbocycles. The fourth-order valence-electron chi connectivity index (χ4n) is 3.50. The number of tetrazole rings is 1. The number of benzene rings is 2. The molecule has 1 atom stereocenters. The third kappa shape index (κ3) is 7.06. The lowest BCUT2D eigenvalue weighted by Gasteiger charge is -2.10. The molecule has 2 aromatic carbocycles. The van der Waals surface area contributed by atoms with Crippen LogP contribution in [0.2, 0.25) is 0 Å². The van der Waals surface area contributed by atoms with Crippen molar-refractivity contribution in [1.82, 2.24) is 29.8 Å². The number of carbonyl (C=O) groups excluding carboxylic acids is 2. The van der Waals surface area contributed by atoms with E-state index in [4.69, 9.17) is 15.6 Å². The van der Waals surface area contributed by atoms with Crippen molar-refractivity contribution < 1.29 is 24.2 Å². The molecule has 3 N–H and O–H groups in total. The van der Waals surface area contributed by atoms with Gasteiger partial charge in [0, 0.05) is 24.4 Å². The van der Waals surface area contributed by atoms with Crippen molar-refractivity contribution in [3.8, 4) is 11.4 Å². The van der Waals surface area contributed by atoms with Gasteiger partial charge in [0.2, 0.25) is 0 Å². The summed E-state index contributed by atoms with van der Waals surface area (Å²) in [5.74, 6) is -0.847. The first-order valence-electron chi connectivity index (χ1n) is 11.0. The molecular formula is C24H24ClN7O5. The van der Waals surface area contributed by atoms with Crippen LogP contribution in [0.3, 0.4) is 0 Å². The average Bonchev–Trinajstić information content (AvgIpc) is 3.53. The quantitative estimate of drug-likeness (QED) is 0.312. The van der Waals surface area contributed by atoms with E-state index in [9.17, 15) is 14.4 Å². The Morgan fingerprint density at radius 1 is 1.05 bits per heavy atom. The number of imidazole rings is 1. The summed E-state index contributed by atoms with van der Waals surface area (Å²) in [6, 6.07) is 15.5. The van der Waals surface area contributed by atoms with Gasteiger partial charge in [0.1, 0.15) is 19.0 Å². The largest absolute Gasteiger partial charge is 0.481 e. The molecule has 4 aromatic rings. The number of halogens is 1. The first kappa shape index (κ1) is 27.2. The summed E-state index contributed by atoms with van der Waals surface area (Å²) >= 11 is 0. The van der Waals surface area contributed by atoms with E-state index in [1.54, 1.807) is 6.07 Å². The Bertz CT molecular complexity index is 1370. The Morgan fingerprint density at radius 3 is 2.57 bits per heavy atom. The van der Waals surface area contributed by atoms with Crippen molar-refractivity contribution in [2.75, 3.05) is 0 Å². The lowest BCUT2D eigenvalue weighted by Crippen LogP contribution is -2.36. The minimum Gasteiger partial charge on any atom is -0.481 e. The molecule has 37 heavy (non-hydrogen) atoms. The number of carbonyl (C=O) groups is 3. The monoisotopic (exact) mass is 525 g/mol. The highest BCUT2D eigenvalue weighted by Gasteiger charge is 2.20. The van der Waals surface area contributed by atoms with Gasteiger partial charge in [-0.2, -0.15) is 0 Å². The zero-order valence-corrected chi connectivity index (χ0v) is 20.3. The lowest BCUT2D eigenvalue weighted by molar-refractivity contribution is -0.139. The number of carboxylic acid groups (broad SMARTS) is 1. The van der Waals surface area contributed by atoms with Crippen molar-refractivity contribution in [3.63, 3.8) is 0 Å². The van der Waals surface area contributed by atoms with Crippen LogP contribution in [0.4, 0.5) is 4.79 Å². The molecule has 1 unspecified atom stereocenters. The standard InChI is InChI=1S/C24H23N7O5.ClH/c25-19(13-22(33)34)20(32)14-31-21(27-28-29-31)12-17-7-4-8-18(11-17)23-26-9-10-30(23)24(35)36-15-16-5-2-1-3-6-16;/h1-11,19H,12-15,25H2,(H,33,34);1H. The van der Waals surface area contributed by atoms with Crippen LogP contribution in [0, 0.1) is 0 Å². The highest BCUT2D eigenvalue weighted by atomic mass is 35.5. The van der Waals surface area contributed by atoms with Crippen molar-refractivity contribution in [2.45, 2.75) is 32.0 Å². The van der Waals surface area contributed by atoms with Crippen LogP contribution in [-0.2, 0) is 33.9 Å². The zero-order valence-electron chi connectivity index (χ0n) is 19.5. The third-order valence-electron chi connectivity index (χ3n) is 5.31. The number of carboxylic acids is 1. The second kappa shape index (κ2) is 12.5. The fourth-order valence-corrected chi connectivity index (χ4v) is 3.50. The number of ketones is 1. The van der Waals surface area contributed by atoms with Gasteiger partial charge in [-0.25, -0.2) is 19.0 Å². The number of ether oxygens (including phenoxy) is 1. The molecule has 4 rings (SSSR count). The molecule has 2 aromatic heterocycles. The van der Waals surface area contributed by atoms with Gasteiger partial charge in [-0.05, 0) is 27.6 Å². The number of hydrogen-bond donors (Lipinski definition) is 2. The second-order valence-electron chi connectivity index (χ2n) is 7.96. The maximum atomic E-state index is 12.7. The van der Waals surface area contributed by atoms with E-state index in [1.807, 2.05) is 48.5 Å². The van der Waals surface area contributed by atoms with Crippen molar-refractivity contribution >= 4 is 30.3 Å². The molecule has 0 fully saturated rings. The topological polar surface area (TPSA) is 168 Å². The van der Waals surface area contributed by atoms with Gasteiger partial charge in [-0.1, -0.05) is 48.5 Å². The summed E-state index contributed by atoms with van der Waals surface area (Å²) in [6.07, 6.45) is 2.29. The molecule has 2 heterocycles. The smallest absolute Gasteiger partial charge is 0.420 e. The maximum absolute atomic E-state index is 12.7. The highest BCUT2D eigenvalue weighted by Crippen LogP contribution is 2.21. The van der Waals surface area contributed by atoms with Crippen LogP contribution in [-0.4, -0.2) is 58.8 Å². The Balaban J connectivity index is 0.00000380. The van der Waals surface area contributed by atoms with Crippen molar-refractivity contribution in [1.29, 1.82) is 0 Å². The predicted molar refractivity (Wildman–Crippen MR) is 133 cm³/mol. The molecule has 0 spiro atoms. The van der Waals surface area contributed by atoms with Crippen LogP contribution >= 0.6 is 12.4 Å². The van der Waals surface area contributed by atoms with Gasteiger partial charge >= 0.3 is 12.1 Å². The first-order valence-corrected chi connectivity index (χ1v) is 11.0. The normalized spacial score (nSPS) is 11.4. The third-order valence-corrected chi connectivity index (χ3v) is 5.31. The van der Waals surface area contributed by atoms with Crippen LogP contribution < -0.4 is 5.73 Å². The zero-order chi connectivity index (χ0) is 25.5. The molecule has 0 saturated carbocycles. The van der Waals surface area contributed by atoms with Gasteiger partial charge in [-0.15, -0.1) is 17.5 Å². The van der Waals surface area contributed by atoms with Crippen LogP contribution in [0.25, 0.3) is 11.4 Å². The minimum atomic E-state index is -1.16. The molecule has 0 bridgehead atoms. The summed E-state index contributed by atoms with van der Waals surface area (Å²) in [6.45, 7) is -0.108. The van der Waals surface area contributed by atoms with Crippen molar-refractivity contribution in [3.05, 3.63) is 83.9 Å². The summed E-state index contributed by atoms with van der Waals surface area (Å²) < 4.78 is 8.04. The van der Waals surface area contributed by atoms with E-state index in [0.717, 1.165) is 11.1 Å². The van der Waals surface area contributed by atoms with E-state index in [1.165, 1.54) is 21.6 Å². The van der Waals surface area contributed by atoms with E-state index in [-0.39, 0.29) is 32.0 Å². The summed E-state index contributed by atoms with van der Waals surface area (Å²) in [4.78, 5) is 40.0. The molecule has 0 aliphatic rings. The predicted octanol–water partition coefficient (Wildman–Crippen LogP) is 2.11. The van der Waals surface area contributed by atoms with Crippen LogP contribution in [0.1, 0.15) is 23.4 Å². The molecule has 0 saturated heterocycles. The molecular weight excluding hydrogens is 502 g/mol. The molecule has 0 amide bonds. The average molecular weight is 526 g/mol. The summed E-state index contributed by atoms with van der Waals surface area (Å²) in [7, 11) is 0. The molecule has 0 radical (unpaired) electrons. The van der Waals surface area contributed by atoms with Gasteiger partial charge in [-0.3, -0.25) is 9.59 Å². The number of aliphatic carboxylic acids is 1. The number of hydrogen-bond acceptors (Lipinski definition) is 9. The Labute approximate surface area is 217 Å².